The highest BCUT2D eigenvalue weighted by molar-refractivity contribution is 6.30. The molecule has 0 aromatic heterocycles. The van der Waals surface area contributed by atoms with Crippen LogP contribution in [0.25, 0.3) is 0 Å². The molecule has 9 heteroatoms. The number of methoxy groups -OCH3 is 1. The quantitative estimate of drug-likeness (QED) is 0.650. The van der Waals surface area contributed by atoms with E-state index in [9.17, 15) is 14.4 Å². The van der Waals surface area contributed by atoms with Crippen LogP contribution in [0.5, 0.6) is 5.75 Å². The highest BCUT2D eigenvalue weighted by Gasteiger charge is 2.39. The summed E-state index contributed by atoms with van der Waals surface area (Å²) in [6, 6.07) is 13.7. The molecule has 0 spiro atoms. The number of carbonyl (C=O) groups excluding carboxylic acids is 3. The van der Waals surface area contributed by atoms with Crippen molar-refractivity contribution in [2.45, 2.75) is 18.9 Å². The van der Waals surface area contributed by atoms with Crippen LogP contribution in [0.3, 0.4) is 0 Å². The molecule has 0 saturated carbocycles. The van der Waals surface area contributed by atoms with Gasteiger partial charge in [0.2, 0.25) is 11.8 Å². The number of halogens is 1. The first-order valence-electron chi connectivity index (χ1n) is 11.0. The zero-order valence-corrected chi connectivity index (χ0v) is 19.2. The molecule has 2 fully saturated rings. The second-order valence-corrected chi connectivity index (χ2v) is 8.68. The lowest BCUT2D eigenvalue weighted by atomic mass is 10.1. The Hall–Kier alpha value is -3.26. The SMILES string of the molecule is COc1ccc(N2CC(C(=O)N3CCC(C(=O)NCCc4ccc(Cl)cc4)C3)NC2=O)cc1. The van der Waals surface area contributed by atoms with Crippen LogP contribution >= 0.6 is 11.6 Å². The first-order chi connectivity index (χ1) is 15.9. The predicted molar refractivity (Wildman–Crippen MR) is 126 cm³/mol. The van der Waals surface area contributed by atoms with Crippen LogP contribution in [-0.4, -0.2) is 62.1 Å². The highest BCUT2D eigenvalue weighted by Crippen LogP contribution is 2.24. The number of nitrogens with one attached hydrogen (secondary N) is 2. The average molecular weight is 471 g/mol. The number of benzene rings is 2. The molecule has 4 rings (SSSR count). The summed E-state index contributed by atoms with van der Waals surface area (Å²) < 4.78 is 5.15. The fraction of sp³-hybridized carbons (Fsp3) is 0.375. The normalized spacial score (nSPS) is 20.0. The molecule has 2 atom stereocenters. The van der Waals surface area contributed by atoms with Crippen LogP contribution in [0.4, 0.5) is 10.5 Å². The molecule has 2 aromatic carbocycles. The minimum atomic E-state index is -0.633. The van der Waals surface area contributed by atoms with Gasteiger partial charge in [-0.1, -0.05) is 23.7 Å². The van der Waals surface area contributed by atoms with Gasteiger partial charge in [0.1, 0.15) is 11.8 Å². The minimum Gasteiger partial charge on any atom is -0.497 e. The number of carbonyl (C=O) groups is 3. The van der Waals surface area contributed by atoms with Crippen molar-refractivity contribution in [2.24, 2.45) is 5.92 Å². The summed E-state index contributed by atoms with van der Waals surface area (Å²) in [5.41, 5.74) is 1.80. The maximum atomic E-state index is 13.0. The summed E-state index contributed by atoms with van der Waals surface area (Å²) in [7, 11) is 1.58. The van der Waals surface area contributed by atoms with Gasteiger partial charge in [0.25, 0.3) is 0 Å². The number of anilines is 1. The zero-order chi connectivity index (χ0) is 23.4. The van der Waals surface area contributed by atoms with E-state index in [0.29, 0.717) is 48.9 Å². The van der Waals surface area contributed by atoms with Gasteiger partial charge in [0, 0.05) is 30.3 Å². The van der Waals surface area contributed by atoms with Gasteiger partial charge in [-0.15, -0.1) is 0 Å². The lowest BCUT2D eigenvalue weighted by molar-refractivity contribution is -0.132. The maximum absolute atomic E-state index is 13.0. The second-order valence-electron chi connectivity index (χ2n) is 8.25. The largest absolute Gasteiger partial charge is 0.497 e. The molecule has 174 valence electrons. The van der Waals surface area contributed by atoms with Crippen molar-refractivity contribution in [1.29, 1.82) is 0 Å². The van der Waals surface area contributed by atoms with Gasteiger partial charge in [-0.3, -0.25) is 14.5 Å². The van der Waals surface area contributed by atoms with E-state index >= 15 is 0 Å². The highest BCUT2D eigenvalue weighted by atomic mass is 35.5. The van der Waals surface area contributed by atoms with Crippen molar-refractivity contribution < 1.29 is 19.1 Å². The molecule has 8 nitrogen and oxygen atoms in total. The van der Waals surface area contributed by atoms with Crippen LogP contribution in [-0.2, 0) is 16.0 Å². The lowest BCUT2D eigenvalue weighted by Crippen LogP contribution is -2.45. The number of nitrogens with zero attached hydrogens (tertiary/aromatic N) is 2. The van der Waals surface area contributed by atoms with Crippen molar-refractivity contribution in [1.82, 2.24) is 15.5 Å². The third-order valence-electron chi connectivity index (χ3n) is 6.09. The fourth-order valence-electron chi connectivity index (χ4n) is 4.18. The Labute approximate surface area is 197 Å². The van der Waals surface area contributed by atoms with Crippen LogP contribution in [0, 0.1) is 5.92 Å². The molecule has 2 aliphatic rings. The van der Waals surface area contributed by atoms with Gasteiger partial charge in [-0.05, 0) is 54.8 Å². The smallest absolute Gasteiger partial charge is 0.322 e. The number of rotatable bonds is 7. The molecule has 2 aliphatic heterocycles. The summed E-state index contributed by atoms with van der Waals surface area (Å²) >= 11 is 5.89. The van der Waals surface area contributed by atoms with E-state index in [1.807, 2.05) is 24.3 Å². The number of hydrogen-bond acceptors (Lipinski definition) is 4. The Kier molecular flexibility index (Phi) is 7.03. The van der Waals surface area contributed by atoms with Gasteiger partial charge >= 0.3 is 6.03 Å². The van der Waals surface area contributed by atoms with Crippen molar-refractivity contribution in [3.63, 3.8) is 0 Å². The van der Waals surface area contributed by atoms with E-state index in [1.54, 1.807) is 41.2 Å². The summed E-state index contributed by atoms with van der Waals surface area (Å²) in [5, 5.41) is 6.41. The number of likely N-dealkylation sites (tertiary alicyclic amines) is 1. The summed E-state index contributed by atoms with van der Waals surface area (Å²) in [6.07, 6.45) is 1.33. The summed E-state index contributed by atoms with van der Waals surface area (Å²) in [4.78, 5) is 41.2. The van der Waals surface area contributed by atoms with Crippen LogP contribution in [0.1, 0.15) is 12.0 Å². The van der Waals surface area contributed by atoms with E-state index < -0.39 is 6.04 Å². The minimum absolute atomic E-state index is 0.0467. The van der Waals surface area contributed by atoms with E-state index in [2.05, 4.69) is 10.6 Å². The Bertz CT molecular complexity index is 1010. The molecule has 2 aromatic rings. The molecule has 0 bridgehead atoms. The van der Waals surface area contributed by atoms with Gasteiger partial charge in [0.05, 0.1) is 19.6 Å². The third kappa shape index (κ3) is 5.39. The van der Waals surface area contributed by atoms with Gasteiger partial charge in [-0.2, -0.15) is 0 Å². The fourth-order valence-corrected chi connectivity index (χ4v) is 4.31. The topological polar surface area (TPSA) is 91.0 Å². The summed E-state index contributed by atoms with van der Waals surface area (Å²) in [5.74, 6) is 0.250. The number of hydrogen-bond donors (Lipinski definition) is 2. The first kappa shape index (κ1) is 22.9. The molecule has 2 heterocycles. The van der Waals surface area contributed by atoms with Crippen molar-refractivity contribution in [3.8, 4) is 5.75 Å². The van der Waals surface area contributed by atoms with Crippen molar-refractivity contribution in [3.05, 3.63) is 59.1 Å². The van der Waals surface area contributed by atoms with Crippen LogP contribution in [0.2, 0.25) is 5.02 Å². The second kappa shape index (κ2) is 10.1. The predicted octanol–water partition coefficient (Wildman–Crippen LogP) is 2.45. The van der Waals surface area contributed by atoms with Crippen LogP contribution < -0.4 is 20.3 Å². The molecular formula is C24H27ClN4O4. The molecule has 33 heavy (non-hydrogen) atoms. The Morgan fingerprint density at radius 1 is 1.12 bits per heavy atom. The van der Waals surface area contributed by atoms with E-state index in [1.165, 1.54) is 0 Å². The van der Waals surface area contributed by atoms with Gasteiger partial charge in [-0.25, -0.2) is 4.79 Å². The third-order valence-corrected chi connectivity index (χ3v) is 6.34. The standard InChI is InChI=1S/C24H27ClN4O4/c1-33-20-8-6-19(7-9-20)29-15-21(27-24(29)32)23(31)28-13-11-17(14-28)22(30)26-12-10-16-2-4-18(25)5-3-16/h2-9,17,21H,10-15H2,1H3,(H,26,30)(H,27,32). The molecule has 0 radical (unpaired) electrons. The Morgan fingerprint density at radius 3 is 2.55 bits per heavy atom. The van der Waals surface area contributed by atoms with Gasteiger partial charge < -0.3 is 20.3 Å². The maximum Gasteiger partial charge on any atom is 0.322 e. The molecular weight excluding hydrogens is 444 g/mol. The number of ether oxygens (including phenoxy) is 1. The zero-order valence-electron chi connectivity index (χ0n) is 18.4. The Balaban J connectivity index is 1.26. The van der Waals surface area contributed by atoms with E-state index in [4.69, 9.17) is 16.3 Å². The molecule has 2 N–H and O–H groups in total. The van der Waals surface area contributed by atoms with E-state index in [-0.39, 0.29) is 30.3 Å². The van der Waals surface area contributed by atoms with Gasteiger partial charge in [0.15, 0.2) is 0 Å². The number of amides is 4. The summed E-state index contributed by atoms with van der Waals surface area (Å²) in [6.45, 7) is 1.64. The number of urea groups is 1. The lowest BCUT2D eigenvalue weighted by Gasteiger charge is -2.20. The molecule has 2 unspecified atom stereocenters. The average Bonchev–Trinajstić information content (AvgIpc) is 3.47. The van der Waals surface area contributed by atoms with Crippen molar-refractivity contribution in [2.75, 3.05) is 38.2 Å². The van der Waals surface area contributed by atoms with E-state index in [0.717, 1.165) is 5.56 Å². The molecule has 4 amide bonds. The van der Waals surface area contributed by atoms with Crippen LogP contribution in [0.15, 0.2) is 48.5 Å². The monoisotopic (exact) mass is 470 g/mol. The first-order valence-corrected chi connectivity index (χ1v) is 11.4. The Morgan fingerprint density at radius 2 is 1.85 bits per heavy atom. The molecule has 2 saturated heterocycles. The van der Waals surface area contributed by atoms with Crippen molar-refractivity contribution >= 4 is 35.1 Å². The molecule has 0 aliphatic carbocycles.